The molecule has 184 valence electrons. The Balaban J connectivity index is 1.49. The number of pyridine rings is 1. The lowest BCUT2D eigenvalue weighted by Crippen LogP contribution is -2.33. The van der Waals surface area contributed by atoms with Gasteiger partial charge >= 0.3 is 5.97 Å². The summed E-state index contributed by atoms with van der Waals surface area (Å²) in [7, 11) is -3.48. The lowest BCUT2D eigenvalue weighted by molar-refractivity contribution is 0.0695. The van der Waals surface area contributed by atoms with Gasteiger partial charge in [0.05, 0.1) is 28.7 Å². The molecule has 0 aliphatic carbocycles. The van der Waals surface area contributed by atoms with E-state index in [2.05, 4.69) is 4.98 Å². The molecule has 1 atom stereocenters. The smallest absolute Gasteiger partial charge is 0.337 e. The number of hydrogen-bond donors (Lipinski definition) is 1. The van der Waals surface area contributed by atoms with Crippen LogP contribution >= 0.6 is 0 Å². The van der Waals surface area contributed by atoms with Crippen molar-refractivity contribution in [3.05, 3.63) is 101 Å². The van der Waals surface area contributed by atoms with E-state index >= 15 is 0 Å². The number of aryl methyl sites for hydroxylation is 3. The number of rotatable bonds is 10. The summed E-state index contributed by atoms with van der Waals surface area (Å²) >= 11 is 0. The summed E-state index contributed by atoms with van der Waals surface area (Å²) in [6.45, 7) is 0.436. The maximum Gasteiger partial charge on any atom is 0.337 e. The third-order valence-corrected chi connectivity index (χ3v) is 8.36. The van der Waals surface area contributed by atoms with Crippen LogP contribution in [-0.2, 0) is 29.3 Å². The topological polar surface area (TPSA) is 87.6 Å². The Hall–Kier alpha value is -3.10. The average Bonchev–Trinajstić information content (AvgIpc) is 3.35. The lowest BCUT2D eigenvalue weighted by Gasteiger charge is -2.24. The minimum atomic E-state index is -3.48. The zero-order chi connectivity index (χ0) is 24.8. The van der Waals surface area contributed by atoms with E-state index in [0.717, 1.165) is 17.5 Å². The molecule has 8 heteroatoms. The fourth-order valence-electron chi connectivity index (χ4n) is 4.59. The van der Waals surface area contributed by atoms with Crippen molar-refractivity contribution in [3.63, 3.8) is 0 Å². The Kier molecular flexibility index (Phi) is 7.93. The molecule has 1 saturated heterocycles. The van der Waals surface area contributed by atoms with Crippen molar-refractivity contribution < 1.29 is 22.7 Å². The number of nitrogens with zero attached hydrogens (tertiary/aromatic N) is 2. The maximum absolute atomic E-state index is 13.2. The minimum absolute atomic E-state index is 0.0586. The van der Waals surface area contributed by atoms with E-state index in [9.17, 15) is 22.7 Å². The quantitative estimate of drug-likeness (QED) is 0.436. The Labute approximate surface area is 205 Å². The van der Waals surface area contributed by atoms with E-state index in [0.29, 0.717) is 50.0 Å². The number of aromatic nitrogens is 1. The molecule has 0 amide bonds. The molecule has 1 fully saturated rings. The monoisotopic (exact) mass is 496 g/mol. The number of carboxylic acids is 1. The highest BCUT2D eigenvalue weighted by molar-refractivity contribution is 7.89. The molecule has 6 nitrogen and oxygen atoms in total. The van der Waals surface area contributed by atoms with Gasteiger partial charge in [-0.15, -0.1) is 0 Å². The van der Waals surface area contributed by atoms with Crippen LogP contribution in [0.2, 0.25) is 0 Å². The number of carbonyl (C=O) groups is 1. The maximum atomic E-state index is 13.2. The molecule has 0 radical (unpaired) electrons. The van der Waals surface area contributed by atoms with Gasteiger partial charge in [-0.1, -0.05) is 42.5 Å². The summed E-state index contributed by atoms with van der Waals surface area (Å²) in [4.78, 5) is 16.4. The van der Waals surface area contributed by atoms with Gasteiger partial charge in [0.25, 0.3) is 0 Å². The third-order valence-electron chi connectivity index (χ3n) is 6.40. The van der Waals surface area contributed by atoms with Crippen molar-refractivity contribution >= 4 is 16.0 Å². The van der Waals surface area contributed by atoms with Gasteiger partial charge in [-0.2, -0.15) is 4.31 Å². The van der Waals surface area contributed by atoms with Crippen LogP contribution < -0.4 is 0 Å². The number of benzene rings is 2. The van der Waals surface area contributed by atoms with Crippen LogP contribution in [0.5, 0.6) is 0 Å². The molecule has 1 aliphatic heterocycles. The first-order chi connectivity index (χ1) is 16.8. The van der Waals surface area contributed by atoms with Crippen molar-refractivity contribution in [1.29, 1.82) is 0 Å². The summed E-state index contributed by atoms with van der Waals surface area (Å²) in [5.74, 6) is -1.34. The normalized spacial score (nSPS) is 16.4. The molecule has 0 saturated carbocycles. The van der Waals surface area contributed by atoms with Crippen LogP contribution in [0.25, 0.3) is 0 Å². The zero-order valence-corrected chi connectivity index (χ0v) is 20.3. The molecule has 1 unspecified atom stereocenters. The first kappa shape index (κ1) is 25.0. The Morgan fingerprint density at radius 1 is 0.971 bits per heavy atom. The third kappa shape index (κ3) is 6.32. The van der Waals surface area contributed by atoms with Crippen molar-refractivity contribution in [2.24, 2.45) is 0 Å². The summed E-state index contributed by atoms with van der Waals surface area (Å²) in [5, 5.41) is 9.63. The molecular formula is C27H29FN2O4S. The van der Waals surface area contributed by atoms with Crippen LogP contribution in [0.3, 0.4) is 0 Å². The predicted molar refractivity (Wildman–Crippen MR) is 132 cm³/mol. The highest BCUT2D eigenvalue weighted by atomic mass is 32.2. The van der Waals surface area contributed by atoms with Gasteiger partial charge in [0.1, 0.15) is 5.82 Å². The van der Waals surface area contributed by atoms with E-state index in [-0.39, 0.29) is 17.1 Å². The van der Waals surface area contributed by atoms with Gasteiger partial charge in [-0.05, 0) is 73.9 Å². The molecule has 2 aromatic carbocycles. The number of carboxylic acid groups (broad SMARTS) is 1. The molecule has 35 heavy (non-hydrogen) atoms. The number of sulfonamides is 1. The minimum Gasteiger partial charge on any atom is -0.478 e. The van der Waals surface area contributed by atoms with Crippen LogP contribution in [0.1, 0.15) is 58.2 Å². The SMILES string of the molecule is O=C(O)c1ccc(C2CCCN2S(=O)(=O)CCCc2ccccc2)nc1CCc1ccc(F)cc1. The first-order valence-electron chi connectivity index (χ1n) is 11.8. The molecular weight excluding hydrogens is 467 g/mol. The van der Waals surface area contributed by atoms with Crippen LogP contribution in [0.4, 0.5) is 4.39 Å². The second-order valence-corrected chi connectivity index (χ2v) is 10.9. The van der Waals surface area contributed by atoms with Crippen LogP contribution in [0.15, 0.2) is 66.7 Å². The van der Waals surface area contributed by atoms with Gasteiger partial charge in [-0.3, -0.25) is 4.98 Å². The molecule has 4 rings (SSSR count). The number of aromatic carboxylic acids is 1. The van der Waals surface area contributed by atoms with Gasteiger partial charge in [0.2, 0.25) is 10.0 Å². The second kappa shape index (κ2) is 11.1. The molecule has 1 N–H and O–H groups in total. The van der Waals surface area contributed by atoms with E-state index in [1.165, 1.54) is 22.5 Å². The Morgan fingerprint density at radius 2 is 1.69 bits per heavy atom. The molecule has 1 aromatic heterocycles. The predicted octanol–water partition coefficient (Wildman–Crippen LogP) is 4.80. The fraction of sp³-hybridized carbons (Fsp3) is 0.333. The van der Waals surface area contributed by atoms with Gasteiger partial charge < -0.3 is 5.11 Å². The Bertz CT molecular complexity index is 1260. The molecule has 0 spiro atoms. The standard InChI is InChI=1S/C27H29FN2O4S/c28-22-13-10-21(11-14-22)12-16-24-23(27(31)32)15-17-25(29-24)26-9-4-18-30(26)35(33,34)19-5-8-20-6-2-1-3-7-20/h1-3,6-7,10-11,13-15,17,26H,4-5,8-9,12,16,18-19H2,(H,31,32). The second-order valence-electron chi connectivity index (χ2n) is 8.84. The van der Waals surface area contributed by atoms with E-state index in [1.54, 1.807) is 18.2 Å². The first-order valence-corrected chi connectivity index (χ1v) is 13.5. The molecule has 0 bridgehead atoms. The zero-order valence-electron chi connectivity index (χ0n) is 19.4. The summed E-state index contributed by atoms with van der Waals surface area (Å²) in [5.41, 5.74) is 3.07. The average molecular weight is 497 g/mol. The highest BCUT2D eigenvalue weighted by Gasteiger charge is 2.36. The van der Waals surface area contributed by atoms with Crippen molar-refractivity contribution in [2.45, 2.75) is 44.6 Å². The van der Waals surface area contributed by atoms with Crippen molar-refractivity contribution in [1.82, 2.24) is 9.29 Å². The van der Waals surface area contributed by atoms with Gasteiger partial charge in [0.15, 0.2) is 0 Å². The highest BCUT2D eigenvalue weighted by Crippen LogP contribution is 2.34. The van der Waals surface area contributed by atoms with E-state index in [4.69, 9.17) is 0 Å². The fourth-order valence-corrected chi connectivity index (χ4v) is 6.34. The largest absolute Gasteiger partial charge is 0.478 e. The van der Waals surface area contributed by atoms with Crippen LogP contribution in [-0.4, -0.2) is 41.1 Å². The Morgan fingerprint density at radius 3 is 2.40 bits per heavy atom. The summed E-state index contributed by atoms with van der Waals surface area (Å²) in [6, 6.07) is 18.6. The summed E-state index contributed by atoms with van der Waals surface area (Å²) in [6.07, 6.45) is 3.47. The van der Waals surface area contributed by atoms with Crippen molar-refractivity contribution in [3.8, 4) is 0 Å². The van der Waals surface area contributed by atoms with Crippen LogP contribution in [0, 0.1) is 5.82 Å². The van der Waals surface area contributed by atoms with Gasteiger partial charge in [0, 0.05) is 6.54 Å². The molecule has 3 aromatic rings. The van der Waals surface area contributed by atoms with E-state index < -0.39 is 22.0 Å². The molecule has 1 aliphatic rings. The number of hydrogen-bond acceptors (Lipinski definition) is 4. The lowest BCUT2D eigenvalue weighted by atomic mass is 10.0. The number of halogens is 1. The van der Waals surface area contributed by atoms with Gasteiger partial charge in [-0.25, -0.2) is 17.6 Å². The van der Waals surface area contributed by atoms with E-state index in [1.807, 2.05) is 30.3 Å². The molecule has 2 heterocycles. The van der Waals surface area contributed by atoms with Crippen molar-refractivity contribution in [2.75, 3.05) is 12.3 Å². The summed E-state index contributed by atoms with van der Waals surface area (Å²) < 4.78 is 41.1.